The van der Waals surface area contributed by atoms with Crippen molar-refractivity contribution in [3.63, 3.8) is 0 Å². The summed E-state index contributed by atoms with van der Waals surface area (Å²) in [5.74, 6) is 0.206. The minimum Gasteiger partial charge on any atom is -0.306 e. The number of nitrogens with zero attached hydrogens (tertiary/aromatic N) is 4. The number of carbonyl (C=O) groups is 2. The molecule has 0 aromatic heterocycles. The maximum atomic E-state index is 12.6. The Hall–Kier alpha value is -3.08. The van der Waals surface area contributed by atoms with Crippen molar-refractivity contribution in [1.82, 2.24) is 4.90 Å². The smallest absolute Gasteiger partial charge is 0.306 e. The number of anilines is 2. The molecule has 1 fully saturated rings. The SMILES string of the molecule is N#CCN1C/C(=N\C(=O)Nc2cccc(Cl)c2)N(c2ccc(Cl)cc2)C1=O. The molecule has 9 heteroatoms. The highest BCUT2D eigenvalue weighted by Gasteiger charge is 2.35. The average Bonchev–Trinajstić information content (AvgIpc) is 2.91. The van der Waals surface area contributed by atoms with E-state index in [-0.39, 0.29) is 18.9 Å². The Labute approximate surface area is 165 Å². The molecule has 0 aliphatic carbocycles. The molecule has 0 spiro atoms. The summed E-state index contributed by atoms with van der Waals surface area (Å²) >= 11 is 11.8. The normalized spacial score (nSPS) is 15.1. The van der Waals surface area contributed by atoms with Crippen molar-refractivity contribution in [2.45, 2.75) is 0 Å². The highest BCUT2D eigenvalue weighted by Crippen LogP contribution is 2.24. The summed E-state index contributed by atoms with van der Waals surface area (Å²) in [6.45, 7) is -0.0736. The Morgan fingerprint density at radius 3 is 2.59 bits per heavy atom. The van der Waals surface area contributed by atoms with E-state index in [2.05, 4.69) is 10.3 Å². The molecular weight excluding hydrogens is 389 g/mol. The van der Waals surface area contributed by atoms with Gasteiger partial charge in [0.1, 0.15) is 12.4 Å². The number of hydrogen-bond donors (Lipinski definition) is 1. The van der Waals surface area contributed by atoms with Crippen molar-refractivity contribution < 1.29 is 9.59 Å². The number of nitrogens with one attached hydrogen (secondary N) is 1. The van der Waals surface area contributed by atoms with Crippen molar-refractivity contribution in [1.29, 1.82) is 5.26 Å². The first-order valence-corrected chi connectivity index (χ1v) is 8.59. The summed E-state index contributed by atoms with van der Waals surface area (Å²) in [5.41, 5.74) is 0.979. The molecule has 1 saturated heterocycles. The second kappa shape index (κ2) is 8.08. The number of halogens is 2. The molecule has 4 amide bonds. The van der Waals surface area contributed by atoms with Gasteiger partial charge in [-0.1, -0.05) is 29.3 Å². The standard InChI is InChI=1S/C18H13Cl2N5O2/c19-12-4-6-15(7-5-12)25-16(11-24(9-8-21)18(25)27)23-17(26)22-14-3-1-2-13(20)10-14/h1-7,10H,9,11H2,(H,22,26)/b23-16+. The maximum Gasteiger partial charge on any atom is 0.347 e. The van der Waals surface area contributed by atoms with Gasteiger partial charge in [0.15, 0.2) is 0 Å². The second-order valence-electron chi connectivity index (χ2n) is 5.58. The summed E-state index contributed by atoms with van der Waals surface area (Å²) in [6, 6.07) is 14.0. The maximum absolute atomic E-state index is 12.6. The van der Waals surface area contributed by atoms with Crippen LogP contribution >= 0.6 is 23.2 Å². The molecule has 2 aromatic rings. The van der Waals surface area contributed by atoms with Crippen LogP contribution in [0.4, 0.5) is 21.0 Å². The molecule has 0 atom stereocenters. The van der Waals surface area contributed by atoms with E-state index in [1.165, 1.54) is 9.80 Å². The summed E-state index contributed by atoms with van der Waals surface area (Å²) < 4.78 is 0. The van der Waals surface area contributed by atoms with E-state index in [0.29, 0.717) is 21.4 Å². The van der Waals surface area contributed by atoms with Gasteiger partial charge < -0.3 is 10.2 Å². The summed E-state index contributed by atoms with van der Waals surface area (Å²) in [6.07, 6.45) is 0. The van der Waals surface area contributed by atoms with Crippen LogP contribution in [-0.4, -0.2) is 35.9 Å². The summed E-state index contributed by atoms with van der Waals surface area (Å²) in [5, 5.41) is 12.5. The number of benzene rings is 2. The van der Waals surface area contributed by atoms with Crippen LogP contribution < -0.4 is 10.2 Å². The van der Waals surface area contributed by atoms with Gasteiger partial charge in [0.25, 0.3) is 0 Å². The largest absolute Gasteiger partial charge is 0.347 e. The summed E-state index contributed by atoms with van der Waals surface area (Å²) in [4.78, 5) is 31.5. The Morgan fingerprint density at radius 1 is 1.19 bits per heavy atom. The predicted molar refractivity (Wildman–Crippen MR) is 104 cm³/mol. The molecule has 1 aliphatic heterocycles. The Balaban J connectivity index is 1.88. The lowest BCUT2D eigenvalue weighted by Crippen LogP contribution is -2.33. The number of hydrogen-bond acceptors (Lipinski definition) is 3. The van der Waals surface area contributed by atoms with E-state index in [9.17, 15) is 9.59 Å². The van der Waals surface area contributed by atoms with Crippen molar-refractivity contribution in [2.75, 3.05) is 23.3 Å². The first kappa shape index (κ1) is 18.7. The van der Waals surface area contributed by atoms with Gasteiger partial charge in [-0.25, -0.2) is 14.5 Å². The predicted octanol–water partition coefficient (Wildman–Crippen LogP) is 4.39. The van der Waals surface area contributed by atoms with Gasteiger partial charge >= 0.3 is 12.1 Å². The highest BCUT2D eigenvalue weighted by atomic mass is 35.5. The van der Waals surface area contributed by atoms with Gasteiger partial charge in [-0.2, -0.15) is 10.3 Å². The molecule has 27 heavy (non-hydrogen) atoms. The fraction of sp³-hybridized carbons (Fsp3) is 0.111. The number of nitriles is 1. The zero-order valence-corrected chi connectivity index (χ0v) is 15.4. The number of amidine groups is 1. The van der Waals surface area contributed by atoms with Gasteiger partial charge in [-0.05, 0) is 42.5 Å². The molecule has 1 aliphatic rings. The third-order valence-corrected chi connectivity index (χ3v) is 4.19. The monoisotopic (exact) mass is 401 g/mol. The van der Waals surface area contributed by atoms with Crippen LogP contribution in [0.1, 0.15) is 0 Å². The van der Waals surface area contributed by atoms with Crippen molar-refractivity contribution in [3.05, 3.63) is 58.6 Å². The molecular formula is C18H13Cl2N5O2. The number of urea groups is 2. The van der Waals surface area contributed by atoms with E-state index >= 15 is 0 Å². The molecule has 3 rings (SSSR count). The third kappa shape index (κ3) is 4.37. The zero-order chi connectivity index (χ0) is 19.4. The van der Waals surface area contributed by atoms with Crippen LogP contribution in [-0.2, 0) is 0 Å². The van der Waals surface area contributed by atoms with Crippen LogP contribution in [0, 0.1) is 11.3 Å². The van der Waals surface area contributed by atoms with Crippen LogP contribution in [0.15, 0.2) is 53.5 Å². The zero-order valence-electron chi connectivity index (χ0n) is 13.9. The quantitative estimate of drug-likeness (QED) is 0.773. The number of amides is 4. The third-order valence-electron chi connectivity index (χ3n) is 3.71. The first-order chi connectivity index (χ1) is 13.0. The molecule has 7 nitrogen and oxygen atoms in total. The van der Waals surface area contributed by atoms with Gasteiger partial charge in [0.05, 0.1) is 18.3 Å². The topological polar surface area (TPSA) is 88.8 Å². The van der Waals surface area contributed by atoms with Crippen molar-refractivity contribution >= 4 is 52.5 Å². The fourth-order valence-electron chi connectivity index (χ4n) is 2.54. The molecule has 2 aromatic carbocycles. The first-order valence-electron chi connectivity index (χ1n) is 7.83. The Bertz CT molecular complexity index is 953. The van der Waals surface area contributed by atoms with Crippen molar-refractivity contribution in [2.24, 2.45) is 4.99 Å². The average molecular weight is 402 g/mol. The lowest BCUT2D eigenvalue weighted by Gasteiger charge is -2.16. The van der Waals surface area contributed by atoms with E-state index in [0.717, 1.165) is 0 Å². The van der Waals surface area contributed by atoms with E-state index in [1.54, 1.807) is 48.5 Å². The second-order valence-corrected chi connectivity index (χ2v) is 6.45. The lowest BCUT2D eigenvalue weighted by atomic mass is 10.3. The van der Waals surface area contributed by atoms with E-state index in [4.69, 9.17) is 28.5 Å². The molecule has 0 radical (unpaired) electrons. The molecule has 0 unspecified atom stereocenters. The van der Waals surface area contributed by atoms with Gasteiger partial charge in [-0.3, -0.25) is 0 Å². The van der Waals surface area contributed by atoms with Crippen LogP contribution in [0.2, 0.25) is 10.0 Å². The minimum atomic E-state index is -0.655. The van der Waals surface area contributed by atoms with Crippen LogP contribution in [0.5, 0.6) is 0 Å². The van der Waals surface area contributed by atoms with E-state index < -0.39 is 12.1 Å². The summed E-state index contributed by atoms with van der Waals surface area (Å²) in [7, 11) is 0. The number of aliphatic imine (C=N–C) groups is 1. The van der Waals surface area contributed by atoms with Crippen LogP contribution in [0.3, 0.4) is 0 Å². The van der Waals surface area contributed by atoms with Crippen LogP contribution in [0.25, 0.3) is 0 Å². The molecule has 1 N–H and O–H groups in total. The molecule has 1 heterocycles. The van der Waals surface area contributed by atoms with Gasteiger partial charge in [0.2, 0.25) is 0 Å². The van der Waals surface area contributed by atoms with Gasteiger partial charge in [0, 0.05) is 15.7 Å². The molecule has 0 saturated carbocycles. The molecule has 0 bridgehead atoms. The molecule has 136 valence electrons. The number of rotatable bonds is 3. The fourth-order valence-corrected chi connectivity index (χ4v) is 2.86. The highest BCUT2D eigenvalue weighted by molar-refractivity contribution is 6.31. The van der Waals surface area contributed by atoms with E-state index in [1.807, 2.05) is 6.07 Å². The number of carbonyl (C=O) groups excluding carboxylic acids is 2. The lowest BCUT2D eigenvalue weighted by molar-refractivity contribution is 0.225. The Kier molecular flexibility index (Phi) is 5.60. The Morgan fingerprint density at radius 2 is 1.93 bits per heavy atom. The van der Waals surface area contributed by atoms with Gasteiger partial charge in [-0.15, -0.1) is 0 Å². The minimum absolute atomic E-state index is 0.0397. The van der Waals surface area contributed by atoms with Crippen molar-refractivity contribution in [3.8, 4) is 6.07 Å².